The Bertz CT molecular complexity index is 1250. The topological polar surface area (TPSA) is 59.2 Å². The molecule has 0 radical (unpaired) electrons. The first-order valence-corrected chi connectivity index (χ1v) is 10.5. The third-order valence-corrected chi connectivity index (χ3v) is 6.57. The van der Waals surface area contributed by atoms with Gasteiger partial charge in [-0.1, -0.05) is 41.2 Å². The van der Waals surface area contributed by atoms with Crippen LogP contribution in [-0.4, -0.2) is 23.1 Å². The molecule has 0 aliphatic carbocycles. The fourth-order valence-electron chi connectivity index (χ4n) is 3.24. The number of halogens is 1. The van der Waals surface area contributed by atoms with Gasteiger partial charge in [0.25, 0.3) is 11.8 Å². The number of nitrogens with zero attached hydrogens (tertiary/aromatic N) is 3. The predicted molar refractivity (Wildman–Crippen MR) is 116 cm³/mol. The van der Waals surface area contributed by atoms with Crippen molar-refractivity contribution in [3.05, 3.63) is 76.8 Å². The highest BCUT2D eigenvalue weighted by Gasteiger charge is 2.25. The van der Waals surface area contributed by atoms with Crippen LogP contribution >= 0.6 is 27.7 Å². The van der Waals surface area contributed by atoms with Crippen LogP contribution < -0.4 is 4.90 Å². The molecule has 1 aliphatic rings. The van der Waals surface area contributed by atoms with Crippen LogP contribution in [0.2, 0.25) is 0 Å². The van der Waals surface area contributed by atoms with Crippen LogP contribution in [0.25, 0.3) is 22.8 Å². The highest BCUT2D eigenvalue weighted by Crippen LogP contribution is 2.42. The monoisotopic (exact) mass is 463 g/mol. The molecule has 0 fully saturated rings. The molecule has 4 aromatic rings. The van der Waals surface area contributed by atoms with E-state index in [1.165, 1.54) is 0 Å². The maximum atomic E-state index is 12.8. The molecule has 3 aromatic carbocycles. The second kappa shape index (κ2) is 7.17. The zero-order valence-corrected chi connectivity index (χ0v) is 17.7. The van der Waals surface area contributed by atoms with Gasteiger partial charge < -0.3 is 9.42 Å². The average Bonchev–Trinajstić information content (AvgIpc) is 3.20. The quantitative estimate of drug-likeness (QED) is 0.369. The van der Waals surface area contributed by atoms with Crippen molar-refractivity contribution in [1.82, 2.24) is 10.1 Å². The van der Waals surface area contributed by atoms with E-state index < -0.39 is 0 Å². The van der Waals surface area contributed by atoms with Crippen molar-refractivity contribution in [2.75, 3.05) is 11.9 Å². The lowest BCUT2D eigenvalue weighted by atomic mass is 10.1. The Hall–Kier alpha value is -2.90. The Balaban J connectivity index is 1.57. The highest BCUT2D eigenvalue weighted by molar-refractivity contribution is 9.10. The largest absolute Gasteiger partial charge is 0.334 e. The van der Waals surface area contributed by atoms with E-state index in [-0.39, 0.29) is 5.91 Å². The minimum Gasteiger partial charge on any atom is -0.334 e. The highest BCUT2D eigenvalue weighted by atomic mass is 79.9. The number of hydrogen-bond donors (Lipinski definition) is 0. The molecule has 0 unspecified atom stereocenters. The average molecular weight is 464 g/mol. The summed E-state index contributed by atoms with van der Waals surface area (Å²) < 4.78 is 6.38. The van der Waals surface area contributed by atoms with E-state index in [1.807, 2.05) is 66.7 Å². The summed E-state index contributed by atoms with van der Waals surface area (Å²) in [4.78, 5) is 21.0. The van der Waals surface area contributed by atoms with Gasteiger partial charge in [0, 0.05) is 26.9 Å². The van der Waals surface area contributed by atoms with E-state index in [9.17, 15) is 4.79 Å². The molecule has 29 heavy (non-hydrogen) atoms. The van der Waals surface area contributed by atoms with Crippen molar-refractivity contribution in [2.45, 2.75) is 9.79 Å². The van der Waals surface area contributed by atoms with Gasteiger partial charge in [0.2, 0.25) is 5.82 Å². The molecule has 1 aromatic heterocycles. The van der Waals surface area contributed by atoms with Gasteiger partial charge in [-0.15, -0.1) is 0 Å². The first-order valence-electron chi connectivity index (χ1n) is 8.90. The summed E-state index contributed by atoms with van der Waals surface area (Å²) in [6.07, 6.45) is 0. The summed E-state index contributed by atoms with van der Waals surface area (Å²) in [5.74, 6) is 0.939. The molecule has 0 spiro atoms. The molecular weight excluding hydrogens is 450 g/mol. The molecule has 1 amide bonds. The summed E-state index contributed by atoms with van der Waals surface area (Å²) in [5, 5.41) is 4.16. The number of carbonyl (C=O) groups excluding carboxylic acids is 1. The van der Waals surface area contributed by atoms with E-state index in [2.05, 4.69) is 26.1 Å². The number of fused-ring (bicyclic) bond motifs is 2. The van der Waals surface area contributed by atoms with Crippen molar-refractivity contribution >= 4 is 39.3 Å². The molecule has 2 heterocycles. The molecular formula is C22H14BrN3O2S. The number of benzene rings is 3. The van der Waals surface area contributed by atoms with E-state index in [0.717, 1.165) is 31.1 Å². The summed E-state index contributed by atoms with van der Waals surface area (Å²) >= 11 is 5.08. The van der Waals surface area contributed by atoms with Crippen molar-refractivity contribution in [3.63, 3.8) is 0 Å². The van der Waals surface area contributed by atoms with Crippen LogP contribution in [0.5, 0.6) is 0 Å². The van der Waals surface area contributed by atoms with Gasteiger partial charge in [0.15, 0.2) is 0 Å². The number of anilines is 1. The summed E-state index contributed by atoms with van der Waals surface area (Å²) in [5.41, 5.74) is 3.23. The lowest BCUT2D eigenvalue weighted by Gasteiger charge is -2.17. The summed E-state index contributed by atoms with van der Waals surface area (Å²) in [7, 11) is 1.79. The zero-order valence-electron chi connectivity index (χ0n) is 15.3. The number of amides is 1. The van der Waals surface area contributed by atoms with Crippen LogP contribution in [0.3, 0.4) is 0 Å². The fourth-order valence-corrected chi connectivity index (χ4v) is 4.84. The van der Waals surface area contributed by atoms with Gasteiger partial charge >= 0.3 is 0 Å². The number of hydrogen-bond acceptors (Lipinski definition) is 5. The van der Waals surface area contributed by atoms with Gasteiger partial charge in [0.05, 0.1) is 16.8 Å². The van der Waals surface area contributed by atoms with E-state index in [0.29, 0.717) is 17.3 Å². The van der Waals surface area contributed by atoms with Crippen molar-refractivity contribution in [2.24, 2.45) is 0 Å². The third kappa shape index (κ3) is 3.16. The maximum absolute atomic E-state index is 12.8. The van der Waals surface area contributed by atoms with E-state index >= 15 is 0 Å². The van der Waals surface area contributed by atoms with Gasteiger partial charge in [0.1, 0.15) is 0 Å². The fraction of sp³-hybridized carbons (Fsp3) is 0.0455. The Morgan fingerprint density at radius 1 is 0.966 bits per heavy atom. The first kappa shape index (κ1) is 18.1. The Kier molecular flexibility index (Phi) is 4.49. The van der Waals surface area contributed by atoms with Crippen molar-refractivity contribution in [3.8, 4) is 22.8 Å². The van der Waals surface area contributed by atoms with Crippen LogP contribution in [0.4, 0.5) is 5.69 Å². The normalized spacial score (nSPS) is 13.0. The summed E-state index contributed by atoms with van der Waals surface area (Å²) in [6.45, 7) is 0. The molecule has 142 valence electrons. The molecule has 0 bridgehead atoms. The lowest BCUT2D eigenvalue weighted by molar-refractivity contribution is 0.0990. The molecule has 0 N–H and O–H groups in total. The lowest BCUT2D eigenvalue weighted by Crippen LogP contribution is -2.25. The Labute approximate surface area is 179 Å². The van der Waals surface area contributed by atoms with Crippen LogP contribution in [0.15, 0.2) is 85.5 Å². The predicted octanol–water partition coefficient (Wildman–Crippen LogP) is 5.91. The minimum absolute atomic E-state index is 0.0182. The minimum atomic E-state index is -0.0182. The molecule has 7 heteroatoms. The second-order valence-corrected chi connectivity index (χ2v) is 8.49. The van der Waals surface area contributed by atoms with Crippen LogP contribution in [0.1, 0.15) is 10.4 Å². The smallest absolute Gasteiger partial charge is 0.259 e. The molecule has 0 saturated carbocycles. The first-order chi connectivity index (χ1) is 14.1. The standard InChI is InChI=1S/C22H14BrN3O2S/c1-26-17-11-10-13(12-19(17)29-18-9-5-3-7-15(18)22(26)27)20-24-21(28-25-20)14-6-2-4-8-16(14)23/h2-12H,1H3. The SMILES string of the molecule is CN1C(=O)c2ccccc2Sc2cc(-c3noc(-c4ccccc4Br)n3)ccc21. The van der Waals surface area contributed by atoms with Crippen LogP contribution in [0, 0.1) is 0 Å². The molecule has 0 atom stereocenters. The van der Waals surface area contributed by atoms with Gasteiger partial charge in [-0.25, -0.2) is 0 Å². The Morgan fingerprint density at radius 2 is 1.72 bits per heavy atom. The van der Waals surface area contributed by atoms with Gasteiger partial charge in [-0.3, -0.25) is 4.79 Å². The van der Waals surface area contributed by atoms with E-state index in [1.54, 1.807) is 23.7 Å². The molecule has 5 rings (SSSR count). The Morgan fingerprint density at radius 3 is 2.55 bits per heavy atom. The molecule has 1 aliphatic heterocycles. The number of rotatable bonds is 2. The van der Waals surface area contributed by atoms with Crippen molar-refractivity contribution in [1.29, 1.82) is 0 Å². The van der Waals surface area contributed by atoms with Crippen LogP contribution in [-0.2, 0) is 0 Å². The van der Waals surface area contributed by atoms with Gasteiger partial charge in [-0.05, 0) is 58.4 Å². The third-order valence-electron chi connectivity index (χ3n) is 4.75. The van der Waals surface area contributed by atoms with Crippen molar-refractivity contribution < 1.29 is 9.32 Å². The molecule has 5 nitrogen and oxygen atoms in total. The molecule has 0 saturated heterocycles. The summed E-state index contributed by atoms with van der Waals surface area (Å²) in [6, 6.07) is 21.2. The van der Waals surface area contributed by atoms with Gasteiger partial charge in [-0.2, -0.15) is 4.98 Å². The number of aromatic nitrogens is 2. The zero-order chi connectivity index (χ0) is 20.0. The maximum Gasteiger partial charge on any atom is 0.259 e. The number of carbonyl (C=O) groups is 1. The second-order valence-electron chi connectivity index (χ2n) is 6.55. The van der Waals surface area contributed by atoms with E-state index in [4.69, 9.17) is 4.52 Å².